The summed E-state index contributed by atoms with van der Waals surface area (Å²) >= 11 is 0. The predicted molar refractivity (Wildman–Crippen MR) is 130 cm³/mol. The van der Waals surface area contributed by atoms with Crippen LogP contribution in [-0.2, 0) is 9.53 Å². The summed E-state index contributed by atoms with van der Waals surface area (Å²) < 4.78 is 5.17. The molecule has 4 heteroatoms. The van der Waals surface area contributed by atoms with E-state index >= 15 is 0 Å². The Morgan fingerprint density at radius 1 is 1.07 bits per heavy atom. The molecule has 0 bridgehead atoms. The number of hydrogen-bond donors (Lipinski definition) is 1. The standard InChI is InChI=1S/C12H27NO2.C4H10.C2H4O.2C2H6.C2H4/c1-5-6-7-12(14)8-11(10-15-4)9-13(2)3;1-4(2)3;1-2-3;3*1-2/h11-12,14H,5-10H2,1-4H3;4H,1-3H3;2H,1H3;2*1-2H3;1-2H2. The smallest absolute Gasteiger partial charge is 0.116 e. The molecule has 0 aliphatic carbocycles. The molecule has 0 aromatic rings. The minimum absolute atomic E-state index is 0.162. The normalized spacial score (nSPS) is 10.7. The quantitative estimate of drug-likeness (QED) is 0.351. The summed E-state index contributed by atoms with van der Waals surface area (Å²) in [5.74, 6) is 1.27. The Morgan fingerprint density at radius 3 is 1.68 bits per heavy atom. The average molecular weight is 408 g/mol. The molecular weight excluding hydrogens is 350 g/mol. The van der Waals surface area contributed by atoms with Crippen molar-refractivity contribution in [2.75, 3.05) is 34.4 Å². The summed E-state index contributed by atoms with van der Waals surface area (Å²) in [4.78, 5) is 11.0. The van der Waals surface area contributed by atoms with Gasteiger partial charge in [0.1, 0.15) is 6.29 Å². The predicted octanol–water partition coefficient (Wildman–Crippen LogP) is 6.47. The van der Waals surface area contributed by atoms with Gasteiger partial charge in [0, 0.05) is 13.7 Å². The molecule has 0 aliphatic rings. The molecule has 0 aromatic heterocycles. The number of aldehydes is 1. The van der Waals surface area contributed by atoms with Gasteiger partial charge in [-0.1, -0.05) is 68.2 Å². The van der Waals surface area contributed by atoms with Gasteiger partial charge in [0.05, 0.1) is 12.7 Å². The van der Waals surface area contributed by atoms with E-state index in [1.807, 2.05) is 27.7 Å². The number of nitrogens with zero attached hydrogens (tertiary/aromatic N) is 1. The number of ether oxygens (including phenoxy) is 1. The van der Waals surface area contributed by atoms with Gasteiger partial charge >= 0.3 is 0 Å². The van der Waals surface area contributed by atoms with Crippen molar-refractivity contribution in [3.63, 3.8) is 0 Å². The van der Waals surface area contributed by atoms with E-state index < -0.39 is 0 Å². The second-order valence-corrected chi connectivity index (χ2v) is 6.58. The number of carbonyl (C=O) groups excluding carboxylic acids is 1. The molecule has 0 fully saturated rings. The van der Waals surface area contributed by atoms with Crippen molar-refractivity contribution in [3.8, 4) is 0 Å². The number of aliphatic hydroxyl groups is 1. The lowest BCUT2D eigenvalue weighted by molar-refractivity contribution is -0.106. The molecule has 28 heavy (non-hydrogen) atoms. The molecule has 4 nitrogen and oxygen atoms in total. The number of unbranched alkanes of at least 4 members (excludes halogenated alkanes) is 1. The van der Waals surface area contributed by atoms with Gasteiger partial charge in [-0.05, 0) is 45.7 Å². The Bertz CT molecular complexity index is 219. The van der Waals surface area contributed by atoms with E-state index in [9.17, 15) is 5.11 Å². The Hall–Kier alpha value is -0.710. The first-order valence-corrected chi connectivity index (χ1v) is 11.0. The van der Waals surface area contributed by atoms with Crippen molar-refractivity contribution in [2.24, 2.45) is 11.8 Å². The third-order valence-electron chi connectivity index (χ3n) is 2.52. The molecular formula is C24H57NO3. The van der Waals surface area contributed by atoms with Crippen molar-refractivity contribution in [1.82, 2.24) is 4.90 Å². The van der Waals surface area contributed by atoms with Crippen LogP contribution in [0.15, 0.2) is 13.2 Å². The molecule has 2 unspecified atom stereocenters. The van der Waals surface area contributed by atoms with Crippen LogP contribution < -0.4 is 0 Å². The van der Waals surface area contributed by atoms with Crippen molar-refractivity contribution in [1.29, 1.82) is 0 Å². The summed E-state index contributed by atoms with van der Waals surface area (Å²) in [5.41, 5.74) is 0. The molecule has 0 saturated heterocycles. The second kappa shape index (κ2) is 45.2. The maximum Gasteiger partial charge on any atom is 0.116 e. The fourth-order valence-electron chi connectivity index (χ4n) is 1.89. The van der Waals surface area contributed by atoms with E-state index in [1.165, 1.54) is 6.92 Å². The Balaban J connectivity index is -0.0000000769. The third-order valence-corrected chi connectivity index (χ3v) is 2.52. The highest BCUT2D eigenvalue weighted by Crippen LogP contribution is 2.13. The van der Waals surface area contributed by atoms with Crippen LogP contribution in [0, 0.1) is 11.8 Å². The molecule has 176 valence electrons. The topological polar surface area (TPSA) is 49.8 Å². The first kappa shape index (κ1) is 41.6. The van der Waals surface area contributed by atoms with E-state index in [4.69, 9.17) is 9.53 Å². The van der Waals surface area contributed by atoms with Crippen LogP contribution in [0.5, 0.6) is 0 Å². The SMILES string of the molecule is C=C.CC.CC.CC(C)C.CC=O.CCCCC(O)CC(COC)CN(C)C. The lowest BCUT2D eigenvalue weighted by atomic mass is 9.98. The van der Waals surface area contributed by atoms with Gasteiger partial charge in [0.2, 0.25) is 0 Å². The number of aliphatic hydroxyl groups excluding tert-OH is 1. The monoisotopic (exact) mass is 407 g/mol. The van der Waals surface area contributed by atoms with E-state index in [0.717, 1.165) is 51.0 Å². The zero-order valence-electron chi connectivity index (χ0n) is 21.7. The molecule has 0 aromatic carbocycles. The number of hydrogen-bond acceptors (Lipinski definition) is 4. The summed E-state index contributed by atoms with van der Waals surface area (Å²) in [6, 6.07) is 0. The summed E-state index contributed by atoms with van der Waals surface area (Å²) in [5, 5.41) is 9.82. The molecule has 0 aliphatic heterocycles. The Labute approximate surface area is 179 Å². The summed E-state index contributed by atoms with van der Waals surface area (Å²) in [6.07, 6.45) is 4.63. The molecule has 0 amide bonds. The van der Waals surface area contributed by atoms with Crippen LogP contribution in [0.3, 0.4) is 0 Å². The van der Waals surface area contributed by atoms with Crippen LogP contribution in [-0.4, -0.2) is 56.8 Å². The van der Waals surface area contributed by atoms with E-state index in [0.29, 0.717) is 5.92 Å². The van der Waals surface area contributed by atoms with Gasteiger partial charge in [-0.15, -0.1) is 13.2 Å². The van der Waals surface area contributed by atoms with E-state index in [2.05, 4.69) is 59.8 Å². The van der Waals surface area contributed by atoms with Crippen LogP contribution in [0.25, 0.3) is 0 Å². The summed E-state index contributed by atoms with van der Waals surface area (Å²) in [6.45, 7) is 25.8. The molecule has 2 atom stereocenters. The maximum absolute atomic E-state index is 9.82. The lowest BCUT2D eigenvalue weighted by Crippen LogP contribution is -2.28. The highest BCUT2D eigenvalue weighted by atomic mass is 16.5. The first-order valence-electron chi connectivity index (χ1n) is 11.0. The minimum atomic E-state index is -0.162. The molecule has 0 spiro atoms. The molecule has 0 saturated carbocycles. The van der Waals surface area contributed by atoms with Crippen molar-refractivity contribution >= 4 is 6.29 Å². The third kappa shape index (κ3) is 73.1. The minimum Gasteiger partial charge on any atom is -0.393 e. The van der Waals surface area contributed by atoms with Crippen molar-refractivity contribution in [3.05, 3.63) is 13.2 Å². The summed E-state index contributed by atoms with van der Waals surface area (Å²) in [7, 11) is 5.84. The fraction of sp³-hybridized carbons (Fsp3) is 0.875. The average Bonchev–Trinajstić information content (AvgIpc) is 2.65. The van der Waals surface area contributed by atoms with Gasteiger partial charge < -0.3 is 19.5 Å². The van der Waals surface area contributed by atoms with Gasteiger partial charge in [0.25, 0.3) is 0 Å². The van der Waals surface area contributed by atoms with E-state index in [-0.39, 0.29) is 6.10 Å². The highest BCUT2D eigenvalue weighted by molar-refractivity contribution is 5.44. The van der Waals surface area contributed by atoms with Crippen LogP contribution >= 0.6 is 0 Å². The zero-order valence-corrected chi connectivity index (χ0v) is 21.7. The maximum atomic E-state index is 9.82. The van der Waals surface area contributed by atoms with Gasteiger partial charge in [-0.25, -0.2) is 0 Å². The fourth-order valence-corrected chi connectivity index (χ4v) is 1.89. The zero-order chi connectivity index (χ0) is 24.0. The van der Waals surface area contributed by atoms with Crippen LogP contribution in [0.4, 0.5) is 0 Å². The Morgan fingerprint density at radius 2 is 1.43 bits per heavy atom. The molecule has 0 heterocycles. The van der Waals surface area contributed by atoms with Gasteiger partial charge in [0.15, 0.2) is 0 Å². The van der Waals surface area contributed by atoms with Gasteiger partial charge in [-0.2, -0.15) is 0 Å². The molecule has 1 N–H and O–H groups in total. The first-order chi connectivity index (χ1) is 13.2. The van der Waals surface area contributed by atoms with E-state index in [1.54, 1.807) is 7.11 Å². The largest absolute Gasteiger partial charge is 0.393 e. The number of carbonyl (C=O) groups is 1. The number of rotatable bonds is 9. The molecule has 0 rings (SSSR count). The van der Waals surface area contributed by atoms with Crippen molar-refractivity contribution < 1.29 is 14.6 Å². The number of methoxy groups -OCH3 is 1. The second-order valence-electron chi connectivity index (χ2n) is 6.58. The lowest BCUT2D eigenvalue weighted by Gasteiger charge is -2.22. The highest BCUT2D eigenvalue weighted by Gasteiger charge is 2.15. The Kier molecular flexibility index (Phi) is 67.2. The van der Waals surface area contributed by atoms with Crippen LogP contribution in [0.2, 0.25) is 0 Å². The van der Waals surface area contributed by atoms with Crippen LogP contribution in [0.1, 0.15) is 88.0 Å². The van der Waals surface area contributed by atoms with Crippen molar-refractivity contribution in [2.45, 2.75) is 94.1 Å². The molecule has 0 radical (unpaired) electrons. The van der Waals surface area contributed by atoms with Gasteiger partial charge in [-0.3, -0.25) is 0 Å².